The van der Waals surface area contributed by atoms with Crippen LogP contribution in [0.25, 0.3) is 0 Å². The van der Waals surface area contributed by atoms with Gasteiger partial charge in [-0.3, -0.25) is 0 Å². The van der Waals surface area contributed by atoms with E-state index in [1.54, 1.807) is 0 Å². The third kappa shape index (κ3) is 16.7. The predicted molar refractivity (Wildman–Crippen MR) is 152 cm³/mol. The molecule has 0 aliphatic heterocycles. The Bertz CT molecular complexity index is 554. The molecule has 0 bridgehead atoms. The van der Waals surface area contributed by atoms with Gasteiger partial charge in [-0.1, -0.05) is 141 Å². The molecule has 194 valence electrons. The van der Waals surface area contributed by atoms with E-state index in [2.05, 4.69) is 32.9 Å². The van der Waals surface area contributed by atoms with Crippen LogP contribution in [0.1, 0.15) is 158 Å². The molecule has 1 rings (SSSR count). The van der Waals surface area contributed by atoms with Crippen molar-refractivity contribution in [1.29, 1.82) is 0 Å². The Morgan fingerprint density at radius 2 is 0.909 bits per heavy atom. The van der Waals surface area contributed by atoms with E-state index in [0.29, 0.717) is 5.88 Å². The number of alkyl halides is 1. The Hall–Kier alpha value is -0.530. The lowest BCUT2D eigenvalue weighted by Crippen LogP contribution is -1.98. The van der Waals surface area contributed by atoms with Gasteiger partial charge in [-0.05, 0) is 48.9 Å². The van der Waals surface area contributed by atoms with Crippen molar-refractivity contribution < 1.29 is 0 Å². The summed E-state index contributed by atoms with van der Waals surface area (Å²) in [5.74, 6) is 0.648. The zero-order valence-electron chi connectivity index (χ0n) is 22.8. The lowest BCUT2D eigenvalue weighted by Gasteiger charge is -2.13. The highest BCUT2D eigenvalue weighted by molar-refractivity contribution is 6.17. The third-order valence-corrected chi connectivity index (χ3v) is 7.68. The maximum atomic E-state index is 6.15. The summed E-state index contributed by atoms with van der Waals surface area (Å²) in [5, 5.41) is 0. The van der Waals surface area contributed by atoms with Crippen LogP contribution in [0.4, 0.5) is 0 Å². The highest BCUT2D eigenvalue weighted by Gasteiger charge is 2.07. The van der Waals surface area contributed by atoms with Crippen LogP contribution in [0, 0.1) is 13.8 Å². The van der Waals surface area contributed by atoms with Gasteiger partial charge in [0.25, 0.3) is 0 Å². The van der Waals surface area contributed by atoms with Crippen molar-refractivity contribution in [2.75, 3.05) is 0 Å². The van der Waals surface area contributed by atoms with Gasteiger partial charge in [-0.25, -0.2) is 0 Å². The molecule has 0 aliphatic rings. The van der Waals surface area contributed by atoms with E-state index < -0.39 is 0 Å². The largest absolute Gasteiger partial charge is 0.344 e. The molecule has 1 aromatic rings. The van der Waals surface area contributed by atoms with E-state index in [4.69, 9.17) is 11.6 Å². The molecule has 2 heteroatoms. The molecule has 33 heavy (non-hydrogen) atoms. The van der Waals surface area contributed by atoms with Gasteiger partial charge in [-0.2, -0.15) is 0 Å². The fourth-order valence-corrected chi connectivity index (χ4v) is 5.21. The number of hydrogen-bond donors (Lipinski definition) is 1. The van der Waals surface area contributed by atoms with Crippen molar-refractivity contribution >= 4 is 11.6 Å². The van der Waals surface area contributed by atoms with Crippen LogP contribution in [0.3, 0.4) is 0 Å². The summed E-state index contributed by atoms with van der Waals surface area (Å²) in [7, 11) is 0. The molecule has 1 nitrogen and oxygen atoms in total. The zero-order chi connectivity index (χ0) is 23.3. The van der Waals surface area contributed by atoms with E-state index in [9.17, 15) is 0 Å². The molecule has 0 spiro atoms. The molecule has 0 saturated carbocycles. The summed E-state index contributed by atoms with van der Waals surface area (Å²) in [6, 6.07) is 4.44. The van der Waals surface area contributed by atoms with Gasteiger partial charge in [0.15, 0.2) is 0 Å². The summed E-state index contributed by atoms with van der Waals surface area (Å²) in [4.78, 5) is 0. The number of unbranched alkanes of at least 4 members (excludes halogenated alkanes) is 19. The lowest BCUT2D eigenvalue weighted by atomic mass is 9.94. The first-order chi connectivity index (χ1) is 15.7. The van der Waals surface area contributed by atoms with Gasteiger partial charge in [-0.15, -0.1) is 11.6 Å². The van der Waals surface area contributed by atoms with Gasteiger partial charge in [0.1, 0.15) is 0 Å². The second-order valence-corrected chi connectivity index (χ2v) is 10.5. The average Bonchev–Trinajstić information content (AvgIpc) is 2.80. The summed E-state index contributed by atoms with van der Waals surface area (Å²) < 4.78 is 0. The molecule has 1 aromatic carbocycles. The highest BCUT2D eigenvalue weighted by atomic mass is 35.5. The maximum Gasteiger partial charge on any atom is 0.0476 e. The van der Waals surface area contributed by atoms with Gasteiger partial charge >= 0.3 is 0 Å². The standard InChI is InChI=1S/C31H55Cl.H3N/c1-4-5-6-7-8-9-10-11-12-13-14-15-16-17-18-19-20-21-22-23-24-31-29(3)28(2)25-26-30(31)27-32;/h25-26H,4-24,27H2,1-3H3;1H3. The Balaban J connectivity index is 0.0000102. The van der Waals surface area contributed by atoms with E-state index in [-0.39, 0.29) is 6.15 Å². The molecular weight excluding hydrogens is 422 g/mol. The van der Waals surface area contributed by atoms with Crippen molar-refractivity contribution in [3.8, 4) is 0 Å². The summed E-state index contributed by atoms with van der Waals surface area (Å²) >= 11 is 6.15. The van der Waals surface area contributed by atoms with Crippen molar-refractivity contribution in [3.05, 3.63) is 34.4 Å². The Labute approximate surface area is 213 Å². The topological polar surface area (TPSA) is 35.0 Å². The minimum Gasteiger partial charge on any atom is -0.344 e. The molecule has 0 heterocycles. The molecule has 0 aliphatic carbocycles. The Morgan fingerprint density at radius 1 is 0.545 bits per heavy atom. The van der Waals surface area contributed by atoms with Gasteiger partial charge < -0.3 is 6.15 Å². The van der Waals surface area contributed by atoms with E-state index in [1.165, 1.54) is 157 Å². The number of hydrogen-bond acceptors (Lipinski definition) is 1. The summed E-state index contributed by atoms with van der Waals surface area (Å²) in [6.45, 7) is 6.78. The summed E-state index contributed by atoms with van der Waals surface area (Å²) in [5.41, 5.74) is 5.72. The van der Waals surface area contributed by atoms with Crippen LogP contribution < -0.4 is 6.15 Å². The van der Waals surface area contributed by atoms with Crippen LogP contribution >= 0.6 is 11.6 Å². The molecule has 3 N–H and O–H groups in total. The van der Waals surface area contributed by atoms with Crippen molar-refractivity contribution in [3.63, 3.8) is 0 Å². The molecule has 0 radical (unpaired) electrons. The first kappa shape index (κ1) is 32.5. The second kappa shape index (κ2) is 23.2. The average molecular weight is 480 g/mol. The molecule has 0 unspecified atom stereocenters. The predicted octanol–water partition coefficient (Wildman–Crippen LogP) is 11.6. The minimum atomic E-state index is 0. The van der Waals surface area contributed by atoms with Crippen LogP contribution in [-0.4, -0.2) is 0 Å². The third-order valence-electron chi connectivity index (χ3n) is 7.39. The molecular formula is C31H58ClN. The van der Waals surface area contributed by atoms with E-state index >= 15 is 0 Å². The fourth-order valence-electron chi connectivity index (χ4n) is 4.96. The summed E-state index contributed by atoms with van der Waals surface area (Å²) in [6.07, 6.45) is 30.0. The number of benzene rings is 1. The van der Waals surface area contributed by atoms with Gasteiger partial charge in [0.2, 0.25) is 0 Å². The Kier molecular flexibility index (Phi) is 22.9. The van der Waals surface area contributed by atoms with E-state index in [1.807, 2.05) is 0 Å². The number of halogens is 1. The van der Waals surface area contributed by atoms with Crippen LogP contribution in [0.5, 0.6) is 0 Å². The van der Waals surface area contributed by atoms with Crippen molar-refractivity contribution in [2.24, 2.45) is 0 Å². The maximum absolute atomic E-state index is 6.15. The number of aryl methyl sites for hydroxylation is 1. The lowest BCUT2D eigenvalue weighted by molar-refractivity contribution is 0.521. The monoisotopic (exact) mass is 479 g/mol. The Morgan fingerprint density at radius 3 is 1.27 bits per heavy atom. The van der Waals surface area contributed by atoms with Crippen LogP contribution in [0.2, 0.25) is 0 Å². The molecule has 0 saturated heterocycles. The SMILES string of the molecule is CCCCCCCCCCCCCCCCCCCCCCc1c(CCl)ccc(C)c1C.N. The minimum absolute atomic E-state index is 0. The molecule has 0 aromatic heterocycles. The number of rotatable bonds is 22. The molecule has 0 atom stereocenters. The highest BCUT2D eigenvalue weighted by Crippen LogP contribution is 2.23. The molecule has 0 fully saturated rings. The van der Waals surface area contributed by atoms with Crippen LogP contribution in [-0.2, 0) is 12.3 Å². The van der Waals surface area contributed by atoms with Crippen LogP contribution in [0.15, 0.2) is 12.1 Å². The normalized spacial score (nSPS) is 11.0. The van der Waals surface area contributed by atoms with Crippen molar-refractivity contribution in [1.82, 2.24) is 6.15 Å². The first-order valence-corrected chi connectivity index (χ1v) is 14.9. The first-order valence-electron chi connectivity index (χ1n) is 14.3. The quantitative estimate of drug-likeness (QED) is 0.130. The second-order valence-electron chi connectivity index (χ2n) is 10.2. The zero-order valence-corrected chi connectivity index (χ0v) is 23.6. The van der Waals surface area contributed by atoms with Gasteiger partial charge in [0, 0.05) is 5.88 Å². The van der Waals surface area contributed by atoms with E-state index in [0.717, 1.165) is 0 Å². The molecule has 0 amide bonds. The van der Waals surface area contributed by atoms with Crippen molar-refractivity contribution in [2.45, 2.75) is 161 Å². The fraction of sp³-hybridized carbons (Fsp3) is 0.806. The smallest absolute Gasteiger partial charge is 0.0476 e. The van der Waals surface area contributed by atoms with Gasteiger partial charge in [0.05, 0.1) is 0 Å².